The number of likely N-dealkylation sites (N-methyl/N-ethyl adjacent to an activating group) is 1. The van der Waals surface area contributed by atoms with E-state index in [-0.39, 0.29) is 11.8 Å². The van der Waals surface area contributed by atoms with Crippen molar-refractivity contribution in [1.29, 1.82) is 0 Å². The topological polar surface area (TPSA) is 81.5 Å². The smallest absolute Gasteiger partial charge is 0.255 e. The van der Waals surface area contributed by atoms with E-state index in [9.17, 15) is 4.79 Å². The van der Waals surface area contributed by atoms with Gasteiger partial charge in [-0.25, -0.2) is 9.67 Å². The van der Waals surface area contributed by atoms with Crippen molar-refractivity contribution in [2.75, 3.05) is 39.7 Å². The molecule has 0 bridgehead atoms. The van der Waals surface area contributed by atoms with Gasteiger partial charge in [0.25, 0.3) is 5.91 Å². The van der Waals surface area contributed by atoms with Crippen LogP contribution in [0.25, 0.3) is 5.69 Å². The summed E-state index contributed by atoms with van der Waals surface area (Å²) in [5.41, 5.74) is 3.44. The number of nitrogens with one attached hydrogen (secondary N) is 1. The number of benzene rings is 2. The van der Waals surface area contributed by atoms with Crippen LogP contribution in [0, 0.1) is 0 Å². The number of hydrogen-bond donors (Lipinski definition) is 1. The molecule has 1 aliphatic rings. The molecule has 1 heterocycles. The first-order chi connectivity index (χ1) is 16.5. The Bertz CT molecular complexity index is 1170. The average Bonchev–Trinajstić information content (AvgIpc) is 3.39. The normalized spacial score (nSPS) is 15.2. The molecule has 1 aromatic heterocycles. The van der Waals surface area contributed by atoms with Gasteiger partial charge >= 0.3 is 0 Å². The Morgan fingerprint density at radius 3 is 2.65 bits per heavy atom. The Balaban J connectivity index is 1.37. The first-order valence-electron chi connectivity index (χ1n) is 11.1. The van der Waals surface area contributed by atoms with Gasteiger partial charge in [0.05, 0.1) is 12.8 Å². The molecule has 0 saturated heterocycles. The number of allylic oxidation sites excluding steroid dienone is 2. The lowest BCUT2D eigenvalue weighted by atomic mass is 9.90. The fourth-order valence-electron chi connectivity index (χ4n) is 3.66. The van der Waals surface area contributed by atoms with E-state index in [2.05, 4.69) is 33.6 Å². The minimum absolute atomic E-state index is 0.152. The number of ether oxygens (including phenoxy) is 2. The number of hydrogen-bond acceptors (Lipinski definition) is 6. The summed E-state index contributed by atoms with van der Waals surface area (Å²) < 4.78 is 12.9. The van der Waals surface area contributed by atoms with Gasteiger partial charge in [-0.3, -0.25) is 4.79 Å². The lowest BCUT2D eigenvalue weighted by Gasteiger charge is -2.18. The summed E-state index contributed by atoms with van der Waals surface area (Å²) in [5.74, 6) is 1.30. The summed E-state index contributed by atoms with van der Waals surface area (Å²) in [6.45, 7) is 1.30. The van der Waals surface area contributed by atoms with E-state index >= 15 is 0 Å². The van der Waals surface area contributed by atoms with E-state index in [1.807, 2.05) is 49.3 Å². The Kier molecular flexibility index (Phi) is 7.39. The van der Waals surface area contributed by atoms with Crippen molar-refractivity contribution in [3.05, 3.63) is 84.5 Å². The molecule has 0 saturated carbocycles. The maximum Gasteiger partial charge on any atom is 0.255 e. The van der Waals surface area contributed by atoms with Gasteiger partial charge in [0.1, 0.15) is 19.3 Å². The van der Waals surface area contributed by atoms with Crippen LogP contribution < -0.4 is 14.8 Å². The second kappa shape index (κ2) is 10.8. The minimum atomic E-state index is -0.152. The van der Waals surface area contributed by atoms with E-state index in [0.29, 0.717) is 29.4 Å². The molecule has 1 unspecified atom stereocenters. The van der Waals surface area contributed by atoms with Crippen LogP contribution in [0.1, 0.15) is 17.9 Å². The highest BCUT2D eigenvalue weighted by atomic mass is 16.5. The summed E-state index contributed by atoms with van der Waals surface area (Å²) in [6.07, 6.45) is 9.87. The van der Waals surface area contributed by atoms with Gasteiger partial charge in [-0.15, -0.1) is 0 Å². The van der Waals surface area contributed by atoms with E-state index in [0.717, 1.165) is 18.7 Å². The van der Waals surface area contributed by atoms with Crippen LogP contribution in [0.2, 0.25) is 0 Å². The number of methoxy groups -OCH3 is 1. The maximum atomic E-state index is 12.8. The standard InChI is InChI=1S/C26H29N5O3/c1-30(2)14-15-34-25-16-22(10-13-24(25)33-3)29-26(32)21-6-4-19(5-7-21)20-8-11-23(12-9-20)31-18-27-17-28-31/h4,6-13,16-19H,5,14-15H2,1-3H3,(H,29,32). The zero-order chi connectivity index (χ0) is 23.9. The summed E-state index contributed by atoms with van der Waals surface area (Å²) in [5, 5.41) is 7.11. The molecule has 0 spiro atoms. The summed E-state index contributed by atoms with van der Waals surface area (Å²) in [6, 6.07) is 13.6. The van der Waals surface area contributed by atoms with Crippen molar-refractivity contribution < 1.29 is 14.3 Å². The Hall–Kier alpha value is -3.91. The zero-order valence-electron chi connectivity index (χ0n) is 19.6. The van der Waals surface area contributed by atoms with E-state index in [1.54, 1.807) is 30.3 Å². The molecule has 1 N–H and O–H groups in total. The molecule has 2 aromatic carbocycles. The van der Waals surface area contributed by atoms with Crippen LogP contribution in [0.5, 0.6) is 11.5 Å². The van der Waals surface area contributed by atoms with Crippen molar-refractivity contribution in [2.24, 2.45) is 0 Å². The molecule has 8 nitrogen and oxygen atoms in total. The van der Waals surface area contributed by atoms with E-state index < -0.39 is 0 Å². The first kappa shape index (κ1) is 23.3. The first-order valence-corrected chi connectivity index (χ1v) is 11.1. The number of carbonyl (C=O) groups is 1. The van der Waals surface area contributed by atoms with E-state index in [1.165, 1.54) is 11.9 Å². The molecule has 0 radical (unpaired) electrons. The van der Waals surface area contributed by atoms with Crippen molar-refractivity contribution in [2.45, 2.75) is 12.3 Å². The van der Waals surface area contributed by atoms with E-state index in [4.69, 9.17) is 9.47 Å². The van der Waals surface area contributed by atoms with Crippen LogP contribution in [0.15, 0.2) is 78.9 Å². The van der Waals surface area contributed by atoms with Crippen LogP contribution in [-0.4, -0.2) is 59.9 Å². The second-order valence-electron chi connectivity index (χ2n) is 8.26. The molecule has 34 heavy (non-hydrogen) atoms. The molecule has 0 aliphatic heterocycles. The maximum absolute atomic E-state index is 12.8. The molecule has 1 amide bonds. The molecular formula is C26H29N5O3. The highest BCUT2D eigenvalue weighted by Gasteiger charge is 2.16. The fourth-order valence-corrected chi connectivity index (χ4v) is 3.66. The Morgan fingerprint density at radius 2 is 2.00 bits per heavy atom. The predicted molar refractivity (Wildman–Crippen MR) is 132 cm³/mol. The fraction of sp³-hybridized carbons (Fsp3) is 0.269. The SMILES string of the molecule is COc1ccc(NC(=O)C2=CCC(c3ccc(-n4cncn4)cc3)C=C2)cc1OCCN(C)C. The second-order valence-corrected chi connectivity index (χ2v) is 8.26. The highest BCUT2D eigenvalue weighted by molar-refractivity contribution is 6.06. The monoisotopic (exact) mass is 459 g/mol. The van der Waals surface area contributed by atoms with Gasteiger partial charge in [-0.2, -0.15) is 5.10 Å². The number of carbonyl (C=O) groups excluding carboxylic acids is 1. The van der Waals surface area contributed by atoms with Gasteiger partial charge < -0.3 is 19.7 Å². The number of aromatic nitrogens is 3. The minimum Gasteiger partial charge on any atom is -0.493 e. The number of amides is 1. The average molecular weight is 460 g/mol. The van der Waals surface area contributed by atoms with Crippen molar-refractivity contribution in [1.82, 2.24) is 19.7 Å². The largest absolute Gasteiger partial charge is 0.493 e. The van der Waals surface area contributed by atoms with Gasteiger partial charge in [0, 0.05) is 29.8 Å². The molecule has 8 heteroatoms. The lowest BCUT2D eigenvalue weighted by molar-refractivity contribution is -0.112. The third-order valence-corrected chi connectivity index (χ3v) is 5.58. The van der Waals surface area contributed by atoms with Gasteiger partial charge in [-0.05, 0) is 50.3 Å². The van der Waals surface area contributed by atoms with Gasteiger partial charge in [-0.1, -0.05) is 30.4 Å². The molecule has 176 valence electrons. The summed E-state index contributed by atoms with van der Waals surface area (Å²) in [7, 11) is 5.57. The van der Waals surface area contributed by atoms with Crippen molar-refractivity contribution in [3.8, 4) is 17.2 Å². The zero-order valence-corrected chi connectivity index (χ0v) is 19.6. The number of rotatable bonds is 9. The van der Waals surface area contributed by atoms with Crippen LogP contribution in [0.4, 0.5) is 5.69 Å². The Morgan fingerprint density at radius 1 is 1.18 bits per heavy atom. The van der Waals surface area contributed by atoms with Crippen molar-refractivity contribution >= 4 is 11.6 Å². The quantitative estimate of drug-likeness (QED) is 0.524. The molecule has 1 aliphatic carbocycles. The highest BCUT2D eigenvalue weighted by Crippen LogP contribution is 2.31. The third kappa shape index (κ3) is 5.71. The van der Waals surface area contributed by atoms with Crippen LogP contribution in [0.3, 0.4) is 0 Å². The summed E-state index contributed by atoms with van der Waals surface area (Å²) in [4.78, 5) is 18.8. The predicted octanol–water partition coefficient (Wildman–Crippen LogP) is 3.82. The Labute approximate surface area is 199 Å². The lowest BCUT2D eigenvalue weighted by Crippen LogP contribution is -2.19. The number of nitrogens with zero attached hydrogens (tertiary/aromatic N) is 4. The molecular weight excluding hydrogens is 430 g/mol. The number of anilines is 1. The molecule has 4 rings (SSSR count). The van der Waals surface area contributed by atoms with Crippen LogP contribution >= 0.6 is 0 Å². The summed E-state index contributed by atoms with van der Waals surface area (Å²) >= 11 is 0. The molecule has 3 aromatic rings. The van der Waals surface area contributed by atoms with Gasteiger partial charge in [0.2, 0.25) is 0 Å². The van der Waals surface area contributed by atoms with Crippen molar-refractivity contribution in [3.63, 3.8) is 0 Å². The third-order valence-electron chi connectivity index (χ3n) is 5.58. The van der Waals surface area contributed by atoms with Crippen LogP contribution in [-0.2, 0) is 4.79 Å². The molecule has 0 fully saturated rings. The molecule has 1 atom stereocenters. The van der Waals surface area contributed by atoms with Gasteiger partial charge in [0.15, 0.2) is 11.5 Å².